The molecule has 118 valence electrons. The van der Waals surface area contributed by atoms with Crippen molar-refractivity contribution in [3.63, 3.8) is 0 Å². The van der Waals surface area contributed by atoms with Crippen LogP contribution in [0.5, 0.6) is 0 Å². The molecule has 0 aromatic rings. The van der Waals surface area contributed by atoms with Crippen molar-refractivity contribution in [3.05, 3.63) is 12.2 Å². The molecule has 0 saturated carbocycles. The van der Waals surface area contributed by atoms with E-state index in [0.717, 1.165) is 6.04 Å². The Hall–Kier alpha value is -0.493. The van der Waals surface area contributed by atoms with Crippen LogP contribution in [0.2, 0.25) is 12.1 Å². The molecule has 0 aliphatic rings. The van der Waals surface area contributed by atoms with Crippen molar-refractivity contribution in [1.82, 2.24) is 0 Å². The van der Waals surface area contributed by atoms with Crippen LogP contribution < -0.4 is 0 Å². The number of hydrogen-bond donors (Lipinski definition) is 1. The number of carbonyl (C=O) groups excluding carboxylic acids is 1. The molecule has 0 aliphatic carbocycles. The van der Waals surface area contributed by atoms with E-state index < -0.39 is 14.2 Å². The minimum Gasteiger partial charge on any atom is -0.396 e. The van der Waals surface area contributed by atoms with Crippen LogP contribution in [0.4, 0.5) is 0 Å². The molecule has 5 heteroatoms. The van der Waals surface area contributed by atoms with Crippen molar-refractivity contribution >= 4 is 14.3 Å². The van der Waals surface area contributed by atoms with E-state index in [1.54, 1.807) is 19.9 Å². The van der Waals surface area contributed by atoms with Crippen LogP contribution >= 0.6 is 0 Å². The molecule has 0 aromatic carbocycles. The Morgan fingerprint density at radius 1 is 1.40 bits per heavy atom. The maximum Gasteiger partial charge on any atom is 0.338 e. The van der Waals surface area contributed by atoms with E-state index in [-0.39, 0.29) is 18.5 Å². The van der Waals surface area contributed by atoms with Gasteiger partial charge in [-0.05, 0) is 59.2 Å². The maximum atomic E-state index is 12.1. The summed E-state index contributed by atoms with van der Waals surface area (Å²) in [5, 5.41) is 9.08. The Labute approximate surface area is 124 Å². The predicted molar refractivity (Wildman–Crippen MR) is 84.0 cm³/mol. The van der Waals surface area contributed by atoms with Crippen LogP contribution in [-0.2, 0) is 13.6 Å². The van der Waals surface area contributed by atoms with Gasteiger partial charge in [0.2, 0.25) is 0 Å². The minimum atomic E-state index is -2.50. The van der Waals surface area contributed by atoms with Crippen LogP contribution in [0.15, 0.2) is 12.2 Å². The molecule has 1 unspecified atom stereocenters. The number of aliphatic hydroxyl groups excluding tert-OH is 1. The Morgan fingerprint density at radius 2 is 2.00 bits per heavy atom. The van der Waals surface area contributed by atoms with Crippen molar-refractivity contribution < 1.29 is 18.8 Å². The van der Waals surface area contributed by atoms with Gasteiger partial charge in [0.1, 0.15) is 5.60 Å². The smallest absolute Gasteiger partial charge is 0.338 e. The van der Waals surface area contributed by atoms with Gasteiger partial charge in [0.15, 0.2) is 5.78 Å². The highest BCUT2D eigenvalue weighted by Gasteiger charge is 2.43. The second-order valence-electron chi connectivity index (χ2n) is 5.73. The summed E-state index contributed by atoms with van der Waals surface area (Å²) in [4.78, 5) is 12.1. The molecular formula is C15H30O4Si. The van der Waals surface area contributed by atoms with Crippen molar-refractivity contribution in [2.24, 2.45) is 0 Å². The summed E-state index contributed by atoms with van der Waals surface area (Å²) < 4.78 is 12.3. The Balaban J connectivity index is 5.15. The number of allylic oxidation sites excluding steroid dienone is 1. The van der Waals surface area contributed by atoms with E-state index in [1.807, 2.05) is 27.7 Å². The quantitative estimate of drug-likeness (QED) is 0.497. The monoisotopic (exact) mass is 302 g/mol. The number of aliphatic hydroxyl groups is 1. The zero-order chi connectivity index (χ0) is 15.8. The van der Waals surface area contributed by atoms with E-state index >= 15 is 0 Å². The third-order valence-electron chi connectivity index (χ3n) is 3.06. The van der Waals surface area contributed by atoms with Gasteiger partial charge in [-0.2, -0.15) is 0 Å². The Morgan fingerprint density at radius 3 is 2.40 bits per heavy atom. The summed E-state index contributed by atoms with van der Waals surface area (Å²) in [6.45, 7) is 11.5. The SMILES string of the molecule is CC=CC(=O)C(C)(C)O[Si](CC)(CCCO)OC(C)C. The van der Waals surface area contributed by atoms with Crippen LogP contribution in [-0.4, -0.2) is 37.8 Å². The van der Waals surface area contributed by atoms with Crippen molar-refractivity contribution in [3.8, 4) is 0 Å². The highest BCUT2D eigenvalue weighted by Crippen LogP contribution is 2.29. The normalized spacial score (nSPS) is 15.8. The molecular weight excluding hydrogens is 272 g/mol. The van der Waals surface area contributed by atoms with Crippen LogP contribution in [0, 0.1) is 0 Å². The average molecular weight is 302 g/mol. The summed E-state index contributed by atoms with van der Waals surface area (Å²) in [6, 6.07) is 1.46. The number of carbonyl (C=O) groups is 1. The number of hydrogen-bond acceptors (Lipinski definition) is 4. The average Bonchev–Trinajstić information content (AvgIpc) is 2.35. The summed E-state index contributed by atoms with van der Waals surface area (Å²) in [5.74, 6) is -0.0540. The lowest BCUT2D eigenvalue weighted by atomic mass is 10.0. The first-order chi connectivity index (χ1) is 9.23. The second kappa shape index (κ2) is 8.72. The van der Waals surface area contributed by atoms with E-state index in [4.69, 9.17) is 14.0 Å². The van der Waals surface area contributed by atoms with Crippen molar-refractivity contribution in [1.29, 1.82) is 0 Å². The summed E-state index contributed by atoms with van der Waals surface area (Å²) in [5.41, 5.74) is -0.890. The van der Waals surface area contributed by atoms with E-state index in [9.17, 15) is 4.79 Å². The van der Waals surface area contributed by atoms with Gasteiger partial charge in [-0.25, -0.2) is 0 Å². The summed E-state index contributed by atoms with van der Waals surface area (Å²) in [7, 11) is -2.50. The van der Waals surface area contributed by atoms with Gasteiger partial charge in [0.25, 0.3) is 0 Å². The van der Waals surface area contributed by atoms with Gasteiger partial charge in [0, 0.05) is 12.7 Å². The molecule has 0 heterocycles. The minimum absolute atomic E-state index is 0.0490. The summed E-state index contributed by atoms with van der Waals surface area (Å²) >= 11 is 0. The van der Waals surface area contributed by atoms with E-state index in [1.165, 1.54) is 6.08 Å². The highest BCUT2D eigenvalue weighted by atomic mass is 28.4. The molecule has 4 nitrogen and oxygen atoms in total. The summed E-state index contributed by atoms with van der Waals surface area (Å²) in [6.07, 6.45) is 3.95. The van der Waals surface area contributed by atoms with Gasteiger partial charge in [-0.1, -0.05) is 13.0 Å². The van der Waals surface area contributed by atoms with Crippen LogP contribution in [0.1, 0.15) is 48.0 Å². The second-order valence-corrected chi connectivity index (χ2v) is 9.20. The predicted octanol–water partition coefficient (Wildman–Crippen LogP) is 3.20. The van der Waals surface area contributed by atoms with Crippen LogP contribution in [0.3, 0.4) is 0 Å². The fraction of sp³-hybridized carbons (Fsp3) is 0.800. The Kier molecular flexibility index (Phi) is 8.50. The maximum absolute atomic E-state index is 12.1. The lowest BCUT2D eigenvalue weighted by Crippen LogP contribution is -2.52. The molecule has 0 bridgehead atoms. The largest absolute Gasteiger partial charge is 0.396 e. The third-order valence-corrected chi connectivity index (χ3v) is 7.03. The lowest BCUT2D eigenvalue weighted by Gasteiger charge is -2.38. The van der Waals surface area contributed by atoms with Gasteiger partial charge in [-0.3, -0.25) is 4.79 Å². The molecule has 0 rings (SSSR count). The third kappa shape index (κ3) is 6.30. The number of ketones is 1. The molecule has 0 fully saturated rings. The fourth-order valence-electron chi connectivity index (χ4n) is 2.11. The van der Waals surface area contributed by atoms with Crippen molar-refractivity contribution in [2.75, 3.05) is 6.61 Å². The first kappa shape index (κ1) is 19.5. The molecule has 0 amide bonds. The first-order valence-corrected chi connectivity index (χ1v) is 9.62. The van der Waals surface area contributed by atoms with Crippen LogP contribution in [0.25, 0.3) is 0 Å². The molecule has 20 heavy (non-hydrogen) atoms. The molecule has 0 aromatic heterocycles. The van der Waals surface area contributed by atoms with Crippen molar-refractivity contribution in [2.45, 2.75) is 71.8 Å². The lowest BCUT2D eigenvalue weighted by molar-refractivity contribution is -0.129. The fourth-order valence-corrected chi connectivity index (χ4v) is 5.63. The molecule has 0 aliphatic heterocycles. The number of rotatable bonds is 10. The zero-order valence-corrected chi connectivity index (χ0v) is 14.7. The molecule has 0 radical (unpaired) electrons. The van der Waals surface area contributed by atoms with Gasteiger partial charge in [0.05, 0.1) is 0 Å². The van der Waals surface area contributed by atoms with Gasteiger partial charge < -0.3 is 14.0 Å². The van der Waals surface area contributed by atoms with Gasteiger partial charge in [-0.15, -0.1) is 0 Å². The highest BCUT2D eigenvalue weighted by molar-refractivity contribution is 6.67. The zero-order valence-electron chi connectivity index (χ0n) is 13.7. The van der Waals surface area contributed by atoms with E-state index in [0.29, 0.717) is 12.5 Å². The molecule has 1 N–H and O–H groups in total. The van der Waals surface area contributed by atoms with Gasteiger partial charge >= 0.3 is 8.56 Å². The topological polar surface area (TPSA) is 55.8 Å². The first-order valence-electron chi connectivity index (χ1n) is 7.39. The molecule has 0 saturated heterocycles. The van der Waals surface area contributed by atoms with E-state index in [2.05, 4.69) is 0 Å². The molecule has 1 atom stereocenters. The standard InChI is InChI=1S/C15H30O4Si/c1-7-10-14(17)15(5,6)19-20(8-2,12-9-11-16)18-13(3)4/h7,10,13,16H,8-9,11-12H2,1-6H3. The molecule has 0 spiro atoms. The Bertz CT molecular complexity index is 326.